The third-order valence-corrected chi connectivity index (χ3v) is 5.36. The van der Waals surface area contributed by atoms with Gasteiger partial charge in [-0.1, -0.05) is 23.7 Å². The van der Waals surface area contributed by atoms with Crippen LogP contribution in [0.25, 0.3) is 0 Å². The molecule has 0 spiro atoms. The standard InChI is InChI=1S/C21H26ClN3O4/c1-28-15-13-25(21(27)17-7-14-29-16-17)8-6-20(26)24-11-9-23(10-12-24)19-5-3-2-4-18(19)22/h2-5,7,14,16H,6,8-13,15H2,1H3. The van der Waals surface area contributed by atoms with E-state index < -0.39 is 0 Å². The van der Waals surface area contributed by atoms with E-state index in [2.05, 4.69) is 4.90 Å². The Bertz CT molecular complexity index is 804. The molecule has 1 aromatic carbocycles. The number of piperazine rings is 1. The number of amides is 2. The third kappa shape index (κ3) is 5.52. The van der Waals surface area contributed by atoms with Gasteiger partial charge in [-0.15, -0.1) is 0 Å². The van der Waals surface area contributed by atoms with Crippen LogP contribution in [-0.4, -0.2) is 74.6 Å². The lowest BCUT2D eigenvalue weighted by Crippen LogP contribution is -2.49. The van der Waals surface area contributed by atoms with Gasteiger partial charge in [0, 0.05) is 52.8 Å². The van der Waals surface area contributed by atoms with Crippen LogP contribution in [0, 0.1) is 0 Å². The smallest absolute Gasteiger partial charge is 0.257 e. The van der Waals surface area contributed by atoms with Crippen LogP contribution in [0.3, 0.4) is 0 Å². The molecule has 1 aliphatic heterocycles. The van der Waals surface area contributed by atoms with Crippen LogP contribution in [0.1, 0.15) is 16.8 Å². The number of hydrogen-bond acceptors (Lipinski definition) is 5. The van der Waals surface area contributed by atoms with E-state index in [0.717, 1.165) is 23.8 Å². The van der Waals surface area contributed by atoms with E-state index in [1.165, 1.54) is 12.5 Å². The molecule has 0 bridgehead atoms. The summed E-state index contributed by atoms with van der Waals surface area (Å²) in [7, 11) is 1.59. The number of furan rings is 1. The molecule has 2 aromatic rings. The number of methoxy groups -OCH3 is 1. The second-order valence-electron chi connectivity index (χ2n) is 6.87. The number of benzene rings is 1. The zero-order chi connectivity index (χ0) is 20.6. The summed E-state index contributed by atoms with van der Waals surface area (Å²) in [6, 6.07) is 9.36. The molecule has 1 aromatic heterocycles. The van der Waals surface area contributed by atoms with Gasteiger partial charge in [0.25, 0.3) is 5.91 Å². The summed E-state index contributed by atoms with van der Waals surface area (Å²) in [4.78, 5) is 31.0. The highest BCUT2D eigenvalue weighted by atomic mass is 35.5. The van der Waals surface area contributed by atoms with Crippen molar-refractivity contribution in [2.75, 3.05) is 57.9 Å². The first-order valence-electron chi connectivity index (χ1n) is 9.68. The first-order chi connectivity index (χ1) is 14.1. The monoisotopic (exact) mass is 419 g/mol. The zero-order valence-electron chi connectivity index (χ0n) is 16.6. The van der Waals surface area contributed by atoms with Gasteiger partial charge in [-0.2, -0.15) is 0 Å². The molecule has 1 fully saturated rings. The zero-order valence-corrected chi connectivity index (χ0v) is 17.3. The van der Waals surface area contributed by atoms with Crippen molar-refractivity contribution in [1.82, 2.24) is 9.80 Å². The summed E-state index contributed by atoms with van der Waals surface area (Å²) >= 11 is 6.28. The van der Waals surface area contributed by atoms with E-state index in [4.69, 9.17) is 20.8 Å². The van der Waals surface area contributed by atoms with E-state index in [-0.39, 0.29) is 18.2 Å². The fourth-order valence-corrected chi connectivity index (χ4v) is 3.63. The van der Waals surface area contributed by atoms with Gasteiger partial charge in [-0.25, -0.2) is 0 Å². The SMILES string of the molecule is COCCN(CCC(=O)N1CCN(c2ccccc2Cl)CC1)C(=O)c1ccoc1. The minimum absolute atomic E-state index is 0.0474. The molecule has 1 aliphatic rings. The second kappa shape index (κ2) is 10.3. The number of carbonyl (C=O) groups is 2. The maximum Gasteiger partial charge on any atom is 0.257 e. The number of nitrogens with zero attached hydrogens (tertiary/aromatic N) is 3. The molecule has 156 valence electrons. The number of para-hydroxylation sites is 1. The Hall–Kier alpha value is -2.51. The molecule has 3 rings (SSSR count). The minimum Gasteiger partial charge on any atom is -0.472 e. The molecule has 0 saturated carbocycles. The maximum atomic E-state index is 12.7. The van der Waals surface area contributed by atoms with Crippen molar-refractivity contribution < 1.29 is 18.7 Å². The van der Waals surface area contributed by atoms with Gasteiger partial charge in [-0.05, 0) is 18.2 Å². The fraction of sp³-hybridized carbons (Fsp3) is 0.429. The fourth-order valence-electron chi connectivity index (χ4n) is 3.38. The van der Waals surface area contributed by atoms with Crippen molar-refractivity contribution in [1.29, 1.82) is 0 Å². The first-order valence-corrected chi connectivity index (χ1v) is 10.1. The summed E-state index contributed by atoms with van der Waals surface area (Å²) in [5.41, 5.74) is 1.47. The molecular formula is C21H26ClN3O4. The Kier molecular flexibility index (Phi) is 7.55. The van der Waals surface area contributed by atoms with Gasteiger partial charge in [-0.3, -0.25) is 9.59 Å². The predicted molar refractivity (Wildman–Crippen MR) is 111 cm³/mol. The Morgan fingerprint density at radius 1 is 1.14 bits per heavy atom. The van der Waals surface area contributed by atoms with Crippen LogP contribution < -0.4 is 4.90 Å². The molecule has 0 aliphatic carbocycles. The van der Waals surface area contributed by atoms with Gasteiger partial charge in [0.05, 0.1) is 29.1 Å². The van der Waals surface area contributed by atoms with Gasteiger partial charge < -0.3 is 23.9 Å². The maximum absolute atomic E-state index is 12.7. The Balaban J connectivity index is 1.51. The van der Waals surface area contributed by atoms with Crippen LogP contribution >= 0.6 is 11.6 Å². The van der Waals surface area contributed by atoms with Crippen molar-refractivity contribution in [3.8, 4) is 0 Å². The normalized spacial score (nSPS) is 14.1. The van der Waals surface area contributed by atoms with Crippen molar-refractivity contribution in [3.05, 3.63) is 53.4 Å². The molecule has 0 unspecified atom stereocenters. The average Bonchev–Trinajstić information content (AvgIpc) is 3.29. The van der Waals surface area contributed by atoms with Gasteiger partial charge in [0.2, 0.25) is 5.91 Å². The largest absolute Gasteiger partial charge is 0.472 e. The van der Waals surface area contributed by atoms with E-state index >= 15 is 0 Å². The summed E-state index contributed by atoms with van der Waals surface area (Å²) in [5.74, 6) is -0.113. The summed E-state index contributed by atoms with van der Waals surface area (Å²) < 4.78 is 10.1. The second-order valence-corrected chi connectivity index (χ2v) is 7.27. The van der Waals surface area contributed by atoms with Crippen LogP contribution in [0.15, 0.2) is 47.3 Å². The highest BCUT2D eigenvalue weighted by molar-refractivity contribution is 6.33. The molecule has 0 atom stereocenters. The van der Waals surface area contributed by atoms with E-state index in [1.54, 1.807) is 18.1 Å². The number of halogens is 1. The van der Waals surface area contributed by atoms with Gasteiger partial charge in [0.15, 0.2) is 0 Å². The van der Waals surface area contributed by atoms with Crippen molar-refractivity contribution in [3.63, 3.8) is 0 Å². The van der Waals surface area contributed by atoms with Crippen LogP contribution in [0.4, 0.5) is 5.69 Å². The van der Waals surface area contributed by atoms with Gasteiger partial charge in [0.1, 0.15) is 6.26 Å². The quantitative estimate of drug-likeness (QED) is 0.658. The number of rotatable bonds is 8. The number of ether oxygens (including phenoxy) is 1. The highest BCUT2D eigenvalue weighted by Crippen LogP contribution is 2.26. The molecule has 2 heterocycles. The molecule has 7 nitrogen and oxygen atoms in total. The van der Waals surface area contributed by atoms with Crippen molar-refractivity contribution in [2.45, 2.75) is 6.42 Å². The lowest BCUT2D eigenvalue weighted by atomic mass is 10.2. The predicted octanol–water partition coefficient (Wildman–Crippen LogP) is 2.76. The van der Waals surface area contributed by atoms with Crippen LogP contribution in [-0.2, 0) is 9.53 Å². The summed E-state index contributed by atoms with van der Waals surface area (Å²) in [6.45, 7) is 3.92. The van der Waals surface area contributed by atoms with Gasteiger partial charge >= 0.3 is 0 Å². The number of hydrogen-bond donors (Lipinski definition) is 0. The number of carbonyl (C=O) groups excluding carboxylic acids is 2. The Morgan fingerprint density at radius 3 is 2.55 bits per heavy atom. The first kappa shape index (κ1) is 21.2. The molecule has 2 amide bonds. The summed E-state index contributed by atoms with van der Waals surface area (Å²) in [5, 5.41) is 0.721. The molecule has 1 saturated heterocycles. The Labute approximate surface area is 175 Å². The molecule has 0 radical (unpaired) electrons. The third-order valence-electron chi connectivity index (χ3n) is 5.04. The number of anilines is 1. The lowest BCUT2D eigenvalue weighted by Gasteiger charge is -2.36. The van der Waals surface area contributed by atoms with E-state index in [1.807, 2.05) is 29.2 Å². The van der Waals surface area contributed by atoms with Crippen LogP contribution in [0.5, 0.6) is 0 Å². The van der Waals surface area contributed by atoms with Crippen LogP contribution in [0.2, 0.25) is 5.02 Å². The molecule has 8 heteroatoms. The molecular weight excluding hydrogens is 394 g/mol. The van der Waals surface area contributed by atoms with E-state index in [0.29, 0.717) is 38.3 Å². The average molecular weight is 420 g/mol. The lowest BCUT2D eigenvalue weighted by molar-refractivity contribution is -0.131. The Morgan fingerprint density at radius 2 is 1.90 bits per heavy atom. The summed E-state index contributed by atoms with van der Waals surface area (Å²) in [6.07, 6.45) is 3.16. The highest BCUT2D eigenvalue weighted by Gasteiger charge is 2.24. The molecule has 29 heavy (non-hydrogen) atoms. The minimum atomic E-state index is -0.160. The van der Waals surface area contributed by atoms with Crippen molar-refractivity contribution in [2.24, 2.45) is 0 Å². The van der Waals surface area contributed by atoms with E-state index in [9.17, 15) is 9.59 Å². The topological polar surface area (TPSA) is 66.2 Å². The molecule has 0 N–H and O–H groups in total. The van der Waals surface area contributed by atoms with Crippen molar-refractivity contribution >= 4 is 29.1 Å².